The first kappa shape index (κ1) is 21.9. The monoisotopic (exact) mass is 471 g/mol. The van der Waals surface area contributed by atoms with Crippen molar-refractivity contribution in [3.63, 3.8) is 0 Å². The number of amides is 2. The lowest BCUT2D eigenvalue weighted by molar-refractivity contribution is -0.119. The number of piperazine rings is 1. The van der Waals surface area contributed by atoms with Crippen molar-refractivity contribution in [2.24, 2.45) is 0 Å². The average molecular weight is 471 g/mol. The number of fused-ring (bicyclic) bond motifs is 1. The van der Waals surface area contributed by atoms with Crippen molar-refractivity contribution in [3.8, 4) is 0 Å². The van der Waals surface area contributed by atoms with Crippen LogP contribution < -0.4 is 20.0 Å². The molecular formula is C23H23F2N5O4. The van der Waals surface area contributed by atoms with Crippen molar-refractivity contribution >= 4 is 40.5 Å². The number of aromatic nitrogens is 1. The molecule has 178 valence electrons. The summed E-state index contributed by atoms with van der Waals surface area (Å²) in [7, 11) is 0. The highest BCUT2D eigenvalue weighted by Gasteiger charge is 2.33. The van der Waals surface area contributed by atoms with Crippen molar-refractivity contribution in [1.82, 2.24) is 10.3 Å². The summed E-state index contributed by atoms with van der Waals surface area (Å²) in [4.78, 5) is 32.9. The van der Waals surface area contributed by atoms with Crippen LogP contribution in [0.4, 0.5) is 31.0 Å². The largest absolute Gasteiger partial charge is 0.442 e. The third-order valence-corrected chi connectivity index (χ3v) is 5.93. The minimum atomic E-state index is -0.575. The highest BCUT2D eigenvalue weighted by Crippen LogP contribution is 2.30. The summed E-state index contributed by atoms with van der Waals surface area (Å²) in [6, 6.07) is 9.28. The van der Waals surface area contributed by atoms with Crippen molar-refractivity contribution in [2.45, 2.75) is 13.0 Å². The minimum absolute atomic E-state index is 0.206. The summed E-state index contributed by atoms with van der Waals surface area (Å²) in [6.45, 7) is 4.00. The number of hydrogen-bond acceptors (Lipinski definition) is 7. The zero-order chi connectivity index (χ0) is 23.8. The summed E-state index contributed by atoms with van der Waals surface area (Å²) in [5.74, 6) is -1.04. The van der Waals surface area contributed by atoms with E-state index in [4.69, 9.17) is 9.15 Å². The van der Waals surface area contributed by atoms with Crippen molar-refractivity contribution < 1.29 is 27.5 Å². The van der Waals surface area contributed by atoms with Gasteiger partial charge in [0.1, 0.15) is 23.3 Å². The van der Waals surface area contributed by atoms with Gasteiger partial charge in [-0.2, -0.15) is 4.98 Å². The van der Waals surface area contributed by atoms with Crippen LogP contribution in [0.5, 0.6) is 0 Å². The molecule has 1 aromatic heterocycles. The second-order valence-electron chi connectivity index (χ2n) is 8.27. The Kier molecular flexibility index (Phi) is 5.68. The molecule has 2 aliphatic rings. The van der Waals surface area contributed by atoms with Gasteiger partial charge in [0.2, 0.25) is 5.91 Å². The number of anilines is 3. The van der Waals surface area contributed by atoms with Gasteiger partial charge in [-0.15, -0.1) is 0 Å². The van der Waals surface area contributed by atoms with E-state index in [1.54, 1.807) is 18.2 Å². The van der Waals surface area contributed by atoms with Gasteiger partial charge in [-0.3, -0.25) is 9.69 Å². The van der Waals surface area contributed by atoms with Gasteiger partial charge < -0.3 is 24.3 Å². The molecule has 0 bridgehead atoms. The molecule has 2 amide bonds. The molecule has 11 heteroatoms. The number of benzene rings is 2. The fourth-order valence-electron chi connectivity index (χ4n) is 4.18. The van der Waals surface area contributed by atoms with E-state index in [-0.39, 0.29) is 24.8 Å². The molecule has 0 spiro atoms. The molecule has 0 radical (unpaired) electrons. The predicted molar refractivity (Wildman–Crippen MR) is 121 cm³/mol. The topological polar surface area (TPSA) is 91.2 Å². The maximum absolute atomic E-state index is 15.0. The number of rotatable bonds is 5. The molecule has 0 aliphatic carbocycles. The van der Waals surface area contributed by atoms with Gasteiger partial charge >= 0.3 is 6.09 Å². The van der Waals surface area contributed by atoms with E-state index >= 15 is 4.39 Å². The maximum Gasteiger partial charge on any atom is 0.414 e. The van der Waals surface area contributed by atoms with Crippen LogP contribution in [0.25, 0.3) is 11.1 Å². The van der Waals surface area contributed by atoms with Gasteiger partial charge in [0.05, 0.1) is 24.5 Å². The van der Waals surface area contributed by atoms with Gasteiger partial charge in [0, 0.05) is 39.2 Å². The molecule has 0 saturated carbocycles. The normalized spacial score (nSPS) is 18.5. The maximum atomic E-state index is 15.0. The summed E-state index contributed by atoms with van der Waals surface area (Å²) in [5.41, 5.74) is 1.80. The van der Waals surface area contributed by atoms with Crippen LogP contribution in [0.3, 0.4) is 0 Å². The number of nitrogens with zero attached hydrogens (tertiary/aromatic N) is 4. The molecule has 5 rings (SSSR count). The van der Waals surface area contributed by atoms with Crippen LogP contribution >= 0.6 is 0 Å². The Hall–Kier alpha value is -3.89. The second-order valence-corrected chi connectivity index (χ2v) is 8.27. The lowest BCUT2D eigenvalue weighted by atomic mass is 10.2. The number of oxazole rings is 1. The van der Waals surface area contributed by atoms with E-state index in [1.807, 2.05) is 9.80 Å². The Morgan fingerprint density at radius 3 is 2.62 bits per heavy atom. The van der Waals surface area contributed by atoms with E-state index < -0.39 is 18.0 Å². The average Bonchev–Trinajstić information content (AvgIpc) is 3.40. The van der Waals surface area contributed by atoms with Crippen LogP contribution in [0, 0.1) is 11.6 Å². The Morgan fingerprint density at radius 1 is 1.12 bits per heavy atom. The van der Waals surface area contributed by atoms with Gasteiger partial charge in [0.25, 0.3) is 6.01 Å². The fourth-order valence-corrected chi connectivity index (χ4v) is 4.18. The van der Waals surface area contributed by atoms with Crippen LogP contribution in [-0.2, 0) is 9.53 Å². The van der Waals surface area contributed by atoms with E-state index in [2.05, 4.69) is 10.3 Å². The molecule has 2 aliphatic heterocycles. The Morgan fingerprint density at radius 2 is 1.88 bits per heavy atom. The number of hydrogen-bond donors (Lipinski definition) is 1. The first-order chi connectivity index (χ1) is 16.4. The Labute approximate surface area is 193 Å². The van der Waals surface area contributed by atoms with Crippen LogP contribution in [0.1, 0.15) is 6.92 Å². The molecule has 3 aromatic rings. The second kappa shape index (κ2) is 8.81. The van der Waals surface area contributed by atoms with Crippen LogP contribution in [-0.4, -0.2) is 62.4 Å². The molecule has 9 nitrogen and oxygen atoms in total. The van der Waals surface area contributed by atoms with Gasteiger partial charge in [0.15, 0.2) is 5.58 Å². The predicted octanol–water partition coefficient (Wildman–Crippen LogP) is 2.89. The minimum Gasteiger partial charge on any atom is -0.442 e. The van der Waals surface area contributed by atoms with Crippen molar-refractivity contribution in [1.29, 1.82) is 0 Å². The van der Waals surface area contributed by atoms with E-state index in [0.717, 1.165) is 0 Å². The Balaban J connectivity index is 1.23. The smallest absolute Gasteiger partial charge is 0.414 e. The summed E-state index contributed by atoms with van der Waals surface area (Å²) in [6.07, 6.45) is -1.06. The molecule has 2 fully saturated rings. The molecule has 2 aromatic carbocycles. The third-order valence-electron chi connectivity index (χ3n) is 5.93. The zero-order valence-corrected chi connectivity index (χ0v) is 18.5. The lowest BCUT2D eigenvalue weighted by Gasteiger charge is -2.35. The molecule has 1 N–H and O–H groups in total. The van der Waals surface area contributed by atoms with E-state index in [9.17, 15) is 14.0 Å². The van der Waals surface area contributed by atoms with Gasteiger partial charge in [-0.25, -0.2) is 13.6 Å². The highest BCUT2D eigenvalue weighted by molar-refractivity contribution is 5.90. The summed E-state index contributed by atoms with van der Waals surface area (Å²) < 4.78 is 39.3. The van der Waals surface area contributed by atoms with Crippen LogP contribution in [0.2, 0.25) is 0 Å². The number of cyclic esters (lactones) is 1. The lowest BCUT2D eigenvalue weighted by Crippen LogP contribution is -2.47. The molecular weight excluding hydrogens is 448 g/mol. The number of carbonyl (C=O) groups is 2. The van der Waals surface area contributed by atoms with Crippen molar-refractivity contribution in [2.75, 3.05) is 54.0 Å². The number of ether oxygens (including phenoxy) is 1. The number of nitrogens with one attached hydrogen (secondary N) is 1. The molecule has 1 unspecified atom stereocenters. The quantitative estimate of drug-likeness (QED) is 0.612. The SMILES string of the molecule is CC(=O)NCC1CN(c2ccc(N3CCN(c4nc5ccc(F)cc5o4)CC3)c(F)c2)C(=O)O1. The first-order valence-corrected chi connectivity index (χ1v) is 11.0. The van der Waals surface area contributed by atoms with Gasteiger partial charge in [-0.1, -0.05) is 0 Å². The fraction of sp³-hybridized carbons (Fsp3) is 0.348. The molecule has 2 saturated heterocycles. The van der Waals surface area contributed by atoms with Crippen LogP contribution in [0.15, 0.2) is 40.8 Å². The number of carbonyl (C=O) groups excluding carboxylic acids is 2. The summed E-state index contributed by atoms with van der Waals surface area (Å²) >= 11 is 0. The van der Waals surface area contributed by atoms with E-state index in [0.29, 0.717) is 54.7 Å². The first-order valence-electron chi connectivity index (χ1n) is 11.0. The van der Waals surface area contributed by atoms with Gasteiger partial charge in [-0.05, 0) is 30.3 Å². The Bertz CT molecular complexity index is 1240. The number of halogens is 2. The molecule has 1 atom stereocenters. The van der Waals surface area contributed by atoms with E-state index in [1.165, 1.54) is 30.0 Å². The summed E-state index contributed by atoms with van der Waals surface area (Å²) in [5, 5.41) is 2.61. The highest BCUT2D eigenvalue weighted by atomic mass is 19.1. The zero-order valence-electron chi connectivity index (χ0n) is 18.5. The van der Waals surface area contributed by atoms with Crippen molar-refractivity contribution in [3.05, 3.63) is 48.0 Å². The molecule has 34 heavy (non-hydrogen) atoms. The third kappa shape index (κ3) is 4.33. The molecule has 3 heterocycles. The standard InChI is InChI=1S/C23H23F2N5O4/c1-14(31)26-12-17-13-30(23(32)33-17)16-3-5-20(18(25)11-16)28-6-8-29(9-7-28)22-27-19-4-2-15(24)10-21(19)34-22/h2-5,10-11,17H,6-9,12-13H2,1H3,(H,26,31).